The lowest BCUT2D eigenvalue weighted by atomic mass is 9.75. The van der Waals surface area contributed by atoms with Crippen LogP contribution in [0, 0.1) is 17.8 Å². The third-order valence-corrected chi connectivity index (χ3v) is 5.82. The molecule has 0 spiro atoms. The maximum absolute atomic E-state index is 2.46. The molecule has 0 saturated heterocycles. The van der Waals surface area contributed by atoms with Gasteiger partial charge in [0.05, 0.1) is 0 Å². The van der Waals surface area contributed by atoms with Crippen molar-refractivity contribution in [3.63, 3.8) is 0 Å². The van der Waals surface area contributed by atoms with Crippen LogP contribution in [0.3, 0.4) is 0 Å². The largest absolute Gasteiger partial charge is 0.309 e. The summed E-state index contributed by atoms with van der Waals surface area (Å²) in [4.78, 5) is 2.39. The van der Waals surface area contributed by atoms with Gasteiger partial charge in [0, 0.05) is 6.54 Å². The van der Waals surface area contributed by atoms with Gasteiger partial charge in [0.2, 0.25) is 0 Å². The van der Waals surface area contributed by atoms with Crippen LogP contribution in [0.5, 0.6) is 0 Å². The Labute approximate surface area is 128 Å². The summed E-state index contributed by atoms with van der Waals surface area (Å²) < 4.78 is 0. The number of hydrogen-bond donors (Lipinski definition) is 0. The Morgan fingerprint density at radius 1 is 0.952 bits per heavy atom. The zero-order chi connectivity index (χ0) is 14.4. The Balaban J connectivity index is 1.71. The van der Waals surface area contributed by atoms with E-state index in [1.807, 2.05) is 0 Å². The molecule has 0 unspecified atom stereocenters. The molecule has 0 radical (unpaired) electrons. The van der Waals surface area contributed by atoms with Crippen LogP contribution in [-0.4, -0.2) is 25.5 Å². The van der Waals surface area contributed by atoms with Crippen molar-refractivity contribution < 1.29 is 0 Å². The van der Waals surface area contributed by atoms with Gasteiger partial charge < -0.3 is 4.90 Å². The average molecular weight is 279 g/mol. The Morgan fingerprint density at radius 2 is 1.71 bits per heavy atom. The molecule has 4 rings (SSSR count). The monoisotopic (exact) mass is 279 g/mol. The molecule has 2 bridgehead atoms. The van der Waals surface area contributed by atoms with Crippen LogP contribution < -0.4 is 0 Å². The van der Waals surface area contributed by atoms with Gasteiger partial charge in [0.15, 0.2) is 0 Å². The van der Waals surface area contributed by atoms with E-state index in [1.165, 1.54) is 36.6 Å². The topological polar surface area (TPSA) is 3.24 Å². The summed E-state index contributed by atoms with van der Waals surface area (Å²) in [6, 6.07) is 16.0. The molecule has 1 heteroatoms. The van der Waals surface area contributed by atoms with Crippen LogP contribution in [0.1, 0.15) is 30.7 Å². The fourth-order valence-corrected chi connectivity index (χ4v) is 5.03. The summed E-state index contributed by atoms with van der Waals surface area (Å²) in [7, 11) is 4.45. The zero-order valence-electron chi connectivity index (χ0n) is 13.1. The molecule has 2 aliphatic carbocycles. The summed E-state index contributed by atoms with van der Waals surface area (Å²) in [5.41, 5.74) is 1.59. The van der Waals surface area contributed by atoms with Gasteiger partial charge in [-0.2, -0.15) is 0 Å². The third kappa shape index (κ3) is 2.28. The van der Waals surface area contributed by atoms with Gasteiger partial charge in [-0.05, 0) is 73.4 Å². The van der Waals surface area contributed by atoms with Gasteiger partial charge >= 0.3 is 0 Å². The number of nitrogens with zero attached hydrogens (tertiary/aromatic N) is 1. The van der Waals surface area contributed by atoms with Gasteiger partial charge in [-0.15, -0.1) is 0 Å². The van der Waals surface area contributed by atoms with Crippen molar-refractivity contribution in [1.82, 2.24) is 4.90 Å². The first-order valence-corrected chi connectivity index (χ1v) is 8.36. The maximum Gasteiger partial charge on any atom is 0.00122 e. The molecule has 2 aromatic carbocycles. The lowest BCUT2D eigenvalue weighted by molar-refractivity contribution is 0.219. The third-order valence-electron chi connectivity index (χ3n) is 5.82. The van der Waals surface area contributed by atoms with Gasteiger partial charge in [0.1, 0.15) is 0 Å². The molecule has 0 aromatic heterocycles. The predicted octanol–water partition coefficient (Wildman–Crippen LogP) is 4.53. The van der Waals surface area contributed by atoms with E-state index in [1.54, 1.807) is 5.56 Å². The van der Waals surface area contributed by atoms with Crippen LogP contribution in [0.2, 0.25) is 0 Å². The minimum atomic E-state index is 0.788. The zero-order valence-corrected chi connectivity index (χ0v) is 13.1. The smallest absolute Gasteiger partial charge is 0.00122 e. The van der Waals surface area contributed by atoms with E-state index in [0.29, 0.717) is 0 Å². The highest BCUT2D eigenvalue weighted by Gasteiger charge is 2.47. The molecule has 2 saturated carbocycles. The second kappa shape index (κ2) is 5.14. The van der Waals surface area contributed by atoms with Crippen molar-refractivity contribution in [1.29, 1.82) is 0 Å². The Morgan fingerprint density at radius 3 is 2.52 bits per heavy atom. The average Bonchev–Trinajstić information content (AvgIpc) is 3.07. The standard InChI is InChI=1S/C20H25N/c1-21(2)13-19-16-8-10-18(12-16)20(19)17-9-7-14-5-3-4-6-15(14)11-17/h3-7,9,11,16,18-20H,8,10,12-13H2,1-2H3/t16-,18+,19-,20-/m0/s1. The molecule has 0 aliphatic heterocycles. The summed E-state index contributed by atoms with van der Waals surface area (Å²) in [5.74, 6) is 3.55. The highest BCUT2D eigenvalue weighted by molar-refractivity contribution is 5.83. The quantitative estimate of drug-likeness (QED) is 0.798. The Hall–Kier alpha value is -1.34. The molecule has 0 N–H and O–H groups in total. The van der Waals surface area contributed by atoms with E-state index in [2.05, 4.69) is 61.5 Å². The molecule has 0 heterocycles. The van der Waals surface area contributed by atoms with E-state index in [4.69, 9.17) is 0 Å². The fourth-order valence-electron chi connectivity index (χ4n) is 5.03. The van der Waals surface area contributed by atoms with Gasteiger partial charge in [0.25, 0.3) is 0 Å². The van der Waals surface area contributed by atoms with Crippen molar-refractivity contribution in [2.45, 2.75) is 25.2 Å². The fraction of sp³-hybridized carbons (Fsp3) is 0.500. The lowest BCUT2D eigenvalue weighted by Crippen LogP contribution is -2.30. The summed E-state index contributed by atoms with van der Waals surface area (Å²) in [6.07, 6.45) is 4.38. The summed E-state index contributed by atoms with van der Waals surface area (Å²) in [5, 5.41) is 2.77. The van der Waals surface area contributed by atoms with Crippen molar-refractivity contribution in [2.75, 3.05) is 20.6 Å². The van der Waals surface area contributed by atoms with E-state index in [9.17, 15) is 0 Å². The van der Waals surface area contributed by atoms with Gasteiger partial charge in [-0.3, -0.25) is 0 Å². The number of hydrogen-bond acceptors (Lipinski definition) is 1. The highest BCUT2D eigenvalue weighted by Crippen LogP contribution is 2.56. The molecule has 21 heavy (non-hydrogen) atoms. The minimum Gasteiger partial charge on any atom is -0.309 e. The van der Waals surface area contributed by atoms with Gasteiger partial charge in [-0.25, -0.2) is 0 Å². The highest BCUT2D eigenvalue weighted by atomic mass is 15.1. The normalized spacial score (nSPS) is 31.4. The lowest BCUT2D eigenvalue weighted by Gasteiger charge is -2.33. The molecule has 0 amide bonds. The van der Waals surface area contributed by atoms with E-state index in [0.717, 1.165) is 23.7 Å². The number of rotatable bonds is 3. The summed E-state index contributed by atoms with van der Waals surface area (Å²) in [6.45, 7) is 1.25. The molecule has 2 aliphatic rings. The van der Waals surface area contributed by atoms with Crippen LogP contribution >= 0.6 is 0 Å². The first-order chi connectivity index (χ1) is 10.2. The van der Waals surface area contributed by atoms with Crippen molar-refractivity contribution >= 4 is 10.8 Å². The summed E-state index contributed by atoms with van der Waals surface area (Å²) >= 11 is 0. The van der Waals surface area contributed by atoms with Gasteiger partial charge in [-0.1, -0.05) is 42.5 Å². The molecular formula is C20H25N. The number of fused-ring (bicyclic) bond motifs is 3. The minimum absolute atomic E-state index is 0.788. The molecule has 4 atom stereocenters. The van der Waals surface area contributed by atoms with Crippen molar-refractivity contribution in [2.24, 2.45) is 17.8 Å². The predicted molar refractivity (Wildman–Crippen MR) is 89.6 cm³/mol. The van der Waals surface area contributed by atoms with E-state index < -0.39 is 0 Å². The first kappa shape index (κ1) is 13.3. The van der Waals surface area contributed by atoms with Crippen molar-refractivity contribution in [3.05, 3.63) is 48.0 Å². The molecule has 110 valence electrons. The van der Waals surface area contributed by atoms with Crippen LogP contribution in [-0.2, 0) is 0 Å². The van der Waals surface area contributed by atoms with E-state index in [-0.39, 0.29) is 0 Å². The maximum atomic E-state index is 2.46. The molecule has 2 fully saturated rings. The van der Waals surface area contributed by atoms with Crippen LogP contribution in [0.4, 0.5) is 0 Å². The molecule has 1 nitrogen and oxygen atoms in total. The Bertz CT molecular complexity index is 645. The van der Waals surface area contributed by atoms with Crippen LogP contribution in [0.25, 0.3) is 10.8 Å². The molecular weight excluding hydrogens is 254 g/mol. The van der Waals surface area contributed by atoms with Crippen LogP contribution in [0.15, 0.2) is 42.5 Å². The molecule has 2 aromatic rings. The second-order valence-electron chi connectivity index (χ2n) is 7.39. The van der Waals surface area contributed by atoms with E-state index >= 15 is 0 Å². The number of benzene rings is 2. The SMILES string of the molecule is CN(C)C[C@H]1[C@H]2CC[C@H](C2)[C@@H]1c1ccc2ccccc2c1. The van der Waals surface area contributed by atoms with Crippen molar-refractivity contribution in [3.8, 4) is 0 Å². The second-order valence-corrected chi connectivity index (χ2v) is 7.39. The Kier molecular flexibility index (Phi) is 3.26. The first-order valence-electron chi connectivity index (χ1n) is 8.36.